The number of nitrogens with zero attached hydrogens (tertiary/aromatic N) is 3. The average molecular weight is 377 g/mol. The van der Waals surface area contributed by atoms with E-state index in [-0.39, 0.29) is 18.6 Å². The van der Waals surface area contributed by atoms with E-state index in [9.17, 15) is 5.11 Å². The van der Waals surface area contributed by atoms with Crippen molar-refractivity contribution in [2.45, 2.75) is 33.4 Å². The highest BCUT2D eigenvalue weighted by Gasteiger charge is 2.15. The Balaban J connectivity index is 1.88. The van der Waals surface area contributed by atoms with Gasteiger partial charge in [0.1, 0.15) is 5.82 Å². The number of pyridine rings is 1. The van der Waals surface area contributed by atoms with Crippen LogP contribution in [-0.2, 0) is 6.54 Å². The fourth-order valence-corrected chi connectivity index (χ4v) is 2.87. The van der Waals surface area contributed by atoms with Crippen LogP contribution in [0.5, 0.6) is 0 Å². The molecule has 3 aromatic rings. The van der Waals surface area contributed by atoms with Crippen LogP contribution in [0.1, 0.15) is 25.0 Å². The van der Waals surface area contributed by atoms with Gasteiger partial charge in [-0.3, -0.25) is 4.98 Å². The van der Waals surface area contributed by atoms with Gasteiger partial charge in [-0.2, -0.15) is 4.98 Å². The maximum atomic E-state index is 9.65. The van der Waals surface area contributed by atoms with Crippen LogP contribution in [0.25, 0.3) is 11.3 Å². The minimum absolute atomic E-state index is 0.0181. The van der Waals surface area contributed by atoms with Crippen molar-refractivity contribution in [1.29, 1.82) is 0 Å². The van der Waals surface area contributed by atoms with Crippen LogP contribution >= 0.6 is 0 Å². The summed E-state index contributed by atoms with van der Waals surface area (Å²) in [5.41, 5.74) is 4.10. The Bertz CT molecular complexity index is 898. The van der Waals surface area contributed by atoms with Crippen molar-refractivity contribution in [3.05, 3.63) is 66.0 Å². The zero-order valence-electron chi connectivity index (χ0n) is 16.6. The summed E-state index contributed by atoms with van der Waals surface area (Å²) < 4.78 is 0. The van der Waals surface area contributed by atoms with E-state index in [0.717, 1.165) is 17.1 Å². The minimum Gasteiger partial charge on any atom is -0.394 e. The number of aryl methyl sites for hydroxylation is 1. The van der Waals surface area contributed by atoms with Crippen molar-refractivity contribution in [3.8, 4) is 11.3 Å². The number of aromatic nitrogens is 3. The van der Waals surface area contributed by atoms with Gasteiger partial charge < -0.3 is 15.7 Å². The summed E-state index contributed by atoms with van der Waals surface area (Å²) in [6, 6.07) is 14.0. The van der Waals surface area contributed by atoms with E-state index in [0.29, 0.717) is 12.5 Å². The van der Waals surface area contributed by atoms with Crippen molar-refractivity contribution >= 4 is 11.8 Å². The molecule has 0 spiro atoms. The average Bonchev–Trinajstić information content (AvgIpc) is 2.71. The summed E-state index contributed by atoms with van der Waals surface area (Å²) in [5, 5.41) is 16.3. The van der Waals surface area contributed by atoms with Crippen molar-refractivity contribution in [2.75, 3.05) is 17.2 Å². The van der Waals surface area contributed by atoms with Gasteiger partial charge in [-0.25, -0.2) is 4.98 Å². The number of benzene rings is 1. The third kappa shape index (κ3) is 5.27. The molecular formula is C22H27N5O. The molecular weight excluding hydrogens is 350 g/mol. The molecule has 1 aromatic carbocycles. The lowest BCUT2D eigenvalue weighted by atomic mass is 10.1. The van der Waals surface area contributed by atoms with Gasteiger partial charge in [-0.05, 0) is 30.5 Å². The van der Waals surface area contributed by atoms with Crippen LogP contribution in [-0.4, -0.2) is 32.7 Å². The molecule has 6 nitrogen and oxygen atoms in total. The second-order valence-corrected chi connectivity index (χ2v) is 7.22. The molecule has 0 aliphatic carbocycles. The van der Waals surface area contributed by atoms with Gasteiger partial charge in [-0.1, -0.05) is 43.7 Å². The van der Waals surface area contributed by atoms with E-state index < -0.39 is 0 Å². The van der Waals surface area contributed by atoms with Gasteiger partial charge in [-0.15, -0.1) is 0 Å². The molecule has 146 valence electrons. The Labute approximate surface area is 166 Å². The lowest BCUT2D eigenvalue weighted by Gasteiger charge is -2.20. The van der Waals surface area contributed by atoms with Crippen molar-refractivity contribution < 1.29 is 5.11 Å². The fraction of sp³-hybridized carbons (Fsp3) is 0.318. The van der Waals surface area contributed by atoms with Gasteiger partial charge in [0.15, 0.2) is 0 Å². The van der Waals surface area contributed by atoms with Crippen molar-refractivity contribution in [1.82, 2.24) is 15.0 Å². The molecule has 28 heavy (non-hydrogen) atoms. The second kappa shape index (κ2) is 9.28. The predicted octanol–water partition coefficient (Wildman–Crippen LogP) is 3.89. The summed E-state index contributed by atoms with van der Waals surface area (Å²) in [4.78, 5) is 13.4. The number of anilines is 2. The van der Waals surface area contributed by atoms with Crippen LogP contribution in [0.4, 0.5) is 11.8 Å². The van der Waals surface area contributed by atoms with Crippen molar-refractivity contribution in [2.24, 2.45) is 5.92 Å². The van der Waals surface area contributed by atoms with Crippen molar-refractivity contribution in [3.63, 3.8) is 0 Å². The lowest BCUT2D eigenvalue weighted by molar-refractivity contribution is 0.248. The molecule has 0 aliphatic rings. The molecule has 0 aliphatic heterocycles. The molecule has 1 atom stereocenters. The molecule has 0 radical (unpaired) electrons. The molecule has 0 unspecified atom stereocenters. The summed E-state index contributed by atoms with van der Waals surface area (Å²) in [6.07, 6.45) is 3.52. The molecule has 0 saturated carbocycles. The van der Waals surface area contributed by atoms with Gasteiger partial charge >= 0.3 is 0 Å². The number of nitrogens with one attached hydrogen (secondary N) is 2. The Kier molecular flexibility index (Phi) is 6.55. The normalized spacial score (nSPS) is 12.0. The number of aliphatic hydroxyl groups excluding tert-OH is 1. The first-order chi connectivity index (χ1) is 13.5. The zero-order chi connectivity index (χ0) is 19.9. The van der Waals surface area contributed by atoms with Gasteiger partial charge in [0.05, 0.1) is 18.3 Å². The third-order valence-corrected chi connectivity index (χ3v) is 4.56. The summed E-state index contributed by atoms with van der Waals surface area (Å²) in [6.45, 7) is 6.87. The molecule has 6 heteroatoms. The number of hydrogen-bond acceptors (Lipinski definition) is 6. The minimum atomic E-state index is -0.117. The number of rotatable bonds is 8. The topological polar surface area (TPSA) is 83.0 Å². The highest BCUT2D eigenvalue weighted by molar-refractivity contribution is 5.63. The molecule has 3 rings (SSSR count). The number of hydrogen-bond donors (Lipinski definition) is 3. The first-order valence-electron chi connectivity index (χ1n) is 9.51. The van der Waals surface area contributed by atoms with Gasteiger partial charge in [0, 0.05) is 30.6 Å². The molecule has 0 amide bonds. The standard InChI is InChI=1S/C22H27N5O/c1-15(2)20(14-28)26-22-25-19(18-8-5-9-23-13-18)11-21(27-22)24-12-17-7-4-6-16(3)10-17/h4-11,13,15,20,28H,12,14H2,1-3H3,(H2,24,25,26,27)/t20-/m0/s1. The SMILES string of the molecule is Cc1cccc(CNc2cc(-c3cccnc3)nc(N[C@@H](CO)C(C)C)n2)c1. The molecule has 2 heterocycles. The highest BCUT2D eigenvalue weighted by Crippen LogP contribution is 2.22. The third-order valence-electron chi connectivity index (χ3n) is 4.56. The van der Waals surface area contributed by atoms with E-state index in [1.54, 1.807) is 12.4 Å². The Hall–Kier alpha value is -2.99. The number of aliphatic hydroxyl groups is 1. The Morgan fingerprint density at radius 2 is 1.93 bits per heavy atom. The van der Waals surface area contributed by atoms with Crippen LogP contribution in [0.2, 0.25) is 0 Å². The Morgan fingerprint density at radius 3 is 2.61 bits per heavy atom. The van der Waals surface area contributed by atoms with Crippen LogP contribution in [0.3, 0.4) is 0 Å². The highest BCUT2D eigenvalue weighted by atomic mass is 16.3. The van der Waals surface area contributed by atoms with Crippen LogP contribution < -0.4 is 10.6 Å². The van der Waals surface area contributed by atoms with E-state index >= 15 is 0 Å². The largest absolute Gasteiger partial charge is 0.394 e. The quantitative estimate of drug-likeness (QED) is 0.552. The zero-order valence-corrected chi connectivity index (χ0v) is 16.6. The predicted molar refractivity (Wildman–Crippen MR) is 113 cm³/mol. The molecule has 2 aromatic heterocycles. The van der Waals surface area contributed by atoms with Gasteiger partial charge in [0.2, 0.25) is 5.95 Å². The van der Waals surface area contributed by atoms with Crippen LogP contribution in [0, 0.1) is 12.8 Å². The van der Waals surface area contributed by atoms with Gasteiger partial charge in [0.25, 0.3) is 0 Å². The van der Waals surface area contributed by atoms with E-state index in [2.05, 4.69) is 70.6 Å². The van der Waals surface area contributed by atoms with Crippen LogP contribution in [0.15, 0.2) is 54.9 Å². The lowest BCUT2D eigenvalue weighted by Crippen LogP contribution is -2.30. The maximum Gasteiger partial charge on any atom is 0.225 e. The first kappa shape index (κ1) is 19.8. The Morgan fingerprint density at radius 1 is 1.07 bits per heavy atom. The molecule has 0 fully saturated rings. The van der Waals surface area contributed by atoms with E-state index in [1.165, 1.54) is 11.1 Å². The summed E-state index contributed by atoms with van der Waals surface area (Å²) in [7, 11) is 0. The monoisotopic (exact) mass is 377 g/mol. The first-order valence-corrected chi connectivity index (χ1v) is 9.51. The summed E-state index contributed by atoms with van der Waals surface area (Å²) in [5.74, 6) is 1.46. The van der Waals surface area contributed by atoms with E-state index in [1.807, 2.05) is 18.2 Å². The second-order valence-electron chi connectivity index (χ2n) is 7.22. The van der Waals surface area contributed by atoms with E-state index in [4.69, 9.17) is 0 Å². The smallest absolute Gasteiger partial charge is 0.225 e. The molecule has 0 bridgehead atoms. The molecule has 0 saturated heterocycles. The molecule has 3 N–H and O–H groups in total. The summed E-state index contributed by atoms with van der Waals surface area (Å²) >= 11 is 0. The fourth-order valence-electron chi connectivity index (χ4n) is 2.87. The maximum absolute atomic E-state index is 9.65.